The Bertz CT molecular complexity index is 1160. The van der Waals surface area contributed by atoms with Crippen molar-refractivity contribution >= 4 is 23.4 Å². The number of benzene rings is 2. The highest BCUT2D eigenvalue weighted by Crippen LogP contribution is 2.36. The first-order chi connectivity index (χ1) is 15.8. The maximum Gasteiger partial charge on any atom is 0.237 e. The summed E-state index contributed by atoms with van der Waals surface area (Å²) in [6, 6.07) is 15.6. The molecule has 0 saturated carbocycles. The first-order valence-corrected chi connectivity index (χ1v) is 11.8. The van der Waals surface area contributed by atoms with Crippen molar-refractivity contribution in [3.8, 4) is 17.1 Å². The number of fused-ring (bicyclic) bond motifs is 1. The normalized spacial score (nSPS) is 15.4. The predicted molar refractivity (Wildman–Crippen MR) is 132 cm³/mol. The summed E-state index contributed by atoms with van der Waals surface area (Å²) in [5, 5.41) is 3.37. The van der Waals surface area contributed by atoms with E-state index in [0.29, 0.717) is 30.3 Å². The van der Waals surface area contributed by atoms with Gasteiger partial charge in [-0.15, -0.1) is 0 Å². The summed E-state index contributed by atoms with van der Waals surface area (Å²) in [4.78, 5) is 22.7. The number of anilines is 1. The van der Waals surface area contributed by atoms with Gasteiger partial charge in [0, 0.05) is 17.5 Å². The molecule has 0 unspecified atom stereocenters. The number of aromatic nitrogens is 2. The van der Waals surface area contributed by atoms with Gasteiger partial charge in [-0.25, -0.2) is 9.97 Å². The standard InChI is InChI=1S/C26H29N3O3S/c1-16-10-12-18(13-11-16)23-27-21-14-26(3,4)32-15-19(21)25(29-23)33-17(2)24(30)28-20-8-6-7-9-22(20)31-5/h6-13,17H,14-15H2,1-5H3,(H,28,30)/t17-/m0/s1. The van der Waals surface area contributed by atoms with E-state index in [2.05, 4.69) is 38.2 Å². The van der Waals surface area contributed by atoms with E-state index in [1.54, 1.807) is 7.11 Å². The number of rotatable bonds is 6. The summed E-state index contributed by atoms with van der Waals surface area (Å²) in [5.41, 5.74) is 4.44. The van der Waals surface area contributed by atoms with Crippen LogP contribution in [0.15, 0.2) is 53.6 Å². The average molecular weight is 464 g/mol. The van der Waals surface area contributed by atoms with Crippen molar-refractivity contribution in [1.29, 1.82) is 0 Å². The number of aryl methyl sites for hydroxylation is 1. The minimum Gasteiger partial charge on any atom is -0.495 e. The lowest BCUT2D eigenvalue weighted by atomic mass is 9.96. The minimum atomic E-state index is -0.380. The zero-order valence-corrected chi connectivity index (χ0v) is 20.5. The maximum atomic E-state index is 13.0. The lowest BCUT2D eigenvalue weighted by molar-refractivity contribution is -0.115. The smallest absolute Gasteiger partial charge is 0.237 e. The largest absolute Gasteiger partial charge is 0.495 e. The van der Waals surface area contributed by atoms with Crippen LogP contribution in [0.3, 0.4) is 0 Å². The van der Waals surface area contributed by atoms with Gasteiger partial charge in [0.25, 0.3) is 0 Å². The number of nitrogens with zero attached hydrogens (tertiary/aromatic N) is 2. The van der Waals surface area contributed by atoms with E-state index in [0.717, 1.165) is 21.8 Å². The summed E-state index contributed by atoms with van der Waals surface area (Å²) in [6.45, 7) is 8.50. The number of hydrogen-bond donors (Lipinski definition) is 1. The first kappa shape index (κ1) is 23.3. The van der Waals surface area contributed by atoms with Gasteiger partial charge in [-0.1, -0.05) is 53.7 Å². The lowest BCUT2D eigenvalue weighted by Crippen LogP contribution is -2.33. The summed E-state index contributed by atoms with van der Waals surface area (Å²) in [5.74, 6) is 1.18. The zero-order chi connectivity index (χ0) is 23.6. The highest BCUT2D eigenvalue weighted by molar-refractivity contribution is 8.00. The Labute approximate surface area is 199 Å². The Balaban J connectivity index is 1.63. The molecule has 0 fully saturated rings. The Morgan fingerprint density at radius 1 is 1.15 bits per heavy atom. The fourth-order valence-electron chi connectivity index (χ4n) is 3.65. The van der Waals surface area contributed by atoms with Crippen LogP contribution < -0.4 is 10.1 Å². The van der Waals surface area contributed by atoms with Gasteiger partial charge in [-0.2, -0.15) is 0 Å². The van der Waals surface area contributed by atoms with Crippen molar-refractivity contribution in [2.24, 2.45) is 0 Å². The average Bonchev–Trinajstić information content (AvgIpc) is 2.78. The molecule has 0 saturated heterocycles. The van der Waals surface area contributed by atoms with Crippen LogP contribution in [0.2, 0.25) is 0 Å². The molecule has 1 aromatic heterocycles. The Morgan fingerprint density at radius 2 is 1.88 bits per heavy atom. The fraction of sp³-hybridized carbons (Fsp3) is 0.346. The third-order valence-electron chi connectivity index (χ3n) is 5.59. The SMILES string of the molecule is COc1ccccc1NC(=O)[C@H](C)Sc1nc(-c2ccc(C)cc2)nc2c1COC(C)(C)C2. The fourth-order valence-corrected chi connectivity index (χ4v) is 4.61. The quantitative estimate of drug-likeness (QED) is 0.388. The Hall–Kier alpha value is -2.90. The predicted octanol–water partition coefficient (Wildman–Crippen LogP) is 5.43. The molecule has 0 spiro atoms. The van der Waals surface area contributed by atoms with E-state index in [1.165, 1.54) is 17.3 Å². The van der Waals surface area contributed by atoms with Crippen molar-refractivity contribution < 1.29 is 14.3 Å². The molecule has 1 atom stereocenters. The van der Waals surface area contributed by atoms with E-state index < -0.39 is 0 Å². The zero-order valence-electron chi connectivity index (χ0n) is 19.6. The third kappa shape index (κ3) is 5.37. The van der Waals surface area contributed by atoms with Crippen molar-refractivity contribution in [2.45, 2.75) is 56.6 Å². The number of hydrogen-bond acceptors (Lipinski definition) is 6. The van der Waals surface area contributed by atoms with Crippen molar-refractivity contribution in [3.05, 3.63) is 65.4 Å². The van der Waals surface area contributed by atoms with Crippen LogP contribution in [0.4, 0.5) is 5.69 Å². The molecule has 1 aliphatic heterocycles. The van der Waals surface area contributed by atoms with Gasteiger partial charge in [-0.05, 0) is 39.8 Å². The number of ether oxygens (including phenoxy) is 2. The molecule has 0 bridgehead atoms. The van der Waals surface area contributed by atoms with Gasteiger partial charge in [-0.3, -0.25) is 4.79 Å². The molecule has 3 aromatic rings. The molecule has 33 heavy (non-hydrogen) atoms. The molecule has 2 aromatic carbocycles. The highest BCUT2D eigenvalue weighted by atomic mass is 32.2. The van der Waals surface area contributed by atoms with E-state index in [-0.39, 0.29) is 16.8 Å². The number of carbonyl (C=O) groups is 1. The molecule has 0 aliphatic carbocycles. The maximum absolute atomic E-state index is 13.0. The molecule has 1 N–H and O–H groups in total. The summed E-state index contributed by atoms with van der Waals surface area (Å²) in [6.07, 6.45) is 0.694. The van der Waals surface area contributed by atoms with E-state index >= 15 is 0 Å². The number of carbonyl (C=O) groups excluding carboxylic acids is 1. The van der Waals surface area contributed by atoms with E-state index in [9.17, 15) is 4.79 Å². The molecule has 1 aliphatic rings. The number of para-hydroxylation sites is 2. The second-order valence-electron chi connectivity index (χ2n) is 8.82. The van der Waals surface area contributed by atoms with Crippen LogP contribution in [-0.2, 0) is 22.6 Å². The van der Waals surface area contributed by atoms with Crippen molar-refractivity contribution in [1.82, 2.24) is 9.97 Å². The van der Waals surface area contributed by atoms with E-state index in [1.807, 2.05) is 43.3 Å². The second-order valence-corrected chi connectivity index (χ2v) is 10.1. The molecule has 0 radical (unpaired) electrons. The molecular formula is C26H29N3O3S. The van der Waals surface area contributed by atoms with Crippen molar-refractivity contribution in [2.75, 3.05) is 12.4 Å². The lowest BCUT2D eigenvalue weighted by Gasteiger charge is -2.32. The van der Waals surface area contributed by atoms with Gasteiger partial charge >= 0.3 is 0 Å². The number of methoxy groups -OCH3 is 1. The van der Waals surface area contributed by atoms with Crippen LogP contribution in [-0.4, -0.2) is 33.8 Å². The molecule has 4 rings (SSSR count). The van der Waals surface area contributed by atoms with Gasteiger partial charge in [0.2, 0.25) is 5.91 Å². The molecule has 6 nitrogen and oxygen atoms in total. The molecule has 172 valence electrons. The Kier molecular flexibility index (Phi) is 6.72. The molecule has 7 heteroatoms. The molecular weight excluding hydrogens is 434 g/mol. The summed E-state index contributed by atoms with van der Waals surface area (Å²) < 4.78 is 11.4. The monoisotopic (exact) mass is 463 g/mol. The number of nitrogens with one attached hydrogen (secondary N) is 1. The van der Waals surface area contributed by atoms with Gasteiger partial charge in [0.1, 0.15) is 10.8 Å². The van der Waals surface area contributed by atoms with Crippen molar-refractivity contribution in [3.63, 3.8) is 0 Å². The van der Waals surface area contributed by atoms with Crippen LogP contribution in [0, 0.1) is 6.92 Å². The van der Waals surface area contributed by atoms with Gasteiger partial charge in [0.05, 0.1) is 35.9 Å². The first-order valence-electron chi connectivity index (χ1n) is 11.0. The molecule has 1 amide bonds. The highest BCUT2D eigenvalue weighted by Gasteiger charge is 2.31. The minimum absolute atomic E-state index is 0.120. The number of thioether (sulfide) groups is 1. The Morgan fingerprint density at radius 3 is 2.61 bits per heavy atom. The topological polar surface area (TPSA) is 73.3 Å². The van der Waals surface area contributed by atoms with Crippen LogP contribution in [0.1, 0.15) is 37.6 Å². The van der Waals surface area contributed by atoms with Gasteiger partial charge < -0.3 is 14.8 Å². The third-order valence-corrected chi connectivity index (χ3v) is 6.72. The number of amides is 1. The molecule has 2 heterocycles. The van der Waals surface area contributed by atoms with Gasteiger partial charge in [0.15, 0.2) is 5.82 Å². The van der Waals surface area contributed by atoms with Crippen LogP contribution >= 0.6 is 11.8 Å². The summed E-state index contributed by atoms with van der Waals surface area (Å²) >= 11 is 1.43. The summed E-state index contributed by atoms with van der Waals surface area (Å²) in [7, 11) is 1.59. The van der Waals surface area contributed by atoms with Crippen LogP contribution in [0.25, 0.3) is 11.4 Å². The van der Waals surface area contributed by atoms with Crippen LogP contribution in [0.5, 0.6) is 5.75 Å². The van der Waals surface area contributed by atoms with E-state index in [4.69, 9.17) is 19.4 Å². The second kappa shape index (κ2) is 9.53.